The molecular formula is C13H14N6OS. The summed E-state index contributed by atoms with van der Waals surface area (Å²) in [5, 5.41) is 15.3. The number of nitrogens with zero attached hydrogens (tertiary/aromatic N) is 5. The molecule has 21 heavy (non-hydrogen) atoms. The molecule has 0 saturated heterocycles. The fourth-order valence-corrected chi connectivity index (χ4v) is 2.53. The minimum atomic E-state index is -0.0919. The quantitative estimate of drug-likeness (QED) is 0.737. The van der Waals surface area contributed by atoms with E-state index in [1.807, 2.05) is 28.4 Å². The van der Waals surface area contributed by atoms with Crippen molar-refractivity contribution in [2.45, 2.75) is 13.1 Å². The Bertz CT molecular complexity index is 688. The highest BCUT2D eigenvalue weighted by Crippen LogP contribution is 2.19. The lowest BCUT2D eigenvalue weighted by molar-refractivity contribution is -0.121. The summed E-state index contributed by atoms with van der Waals surface area (Å²) in [6.07, 6.45) is 4.83. The molecule has 1 N–H and O–H groups in total. The van der Waals surface area contributed by atoms with Crippen molar-refractivity contribution in [3.05, 3.63) is 41.7 Å². The molecule has 0 unspecified atom stereocenters. The van der Waals surface area contributed by atoms with Crippen molar-refractivity contribution >= 4 is 17.2 Å². The zero-order valence-electron chi connectivity index (χ0n) is 11.2. The number of carbonyl (C=O) groups excluding carboxylic acids is 1. The molecule has 0 aliphatic carbocycles. The minimum absolute atomic E-state index is 0.0919. The lowest BCUT2D eigenvalue weighted by Gasteiger charge is -2.05. The van der Waals surface area contributed by atoms with E-state index in [4.69, 9.17) is 0 Å². The van der Waals surface area contributed by atoms with Gasteiger partial charge in [-0.3, -0.25) is 9.48 Å². The van der Waals surface area contributed by atoms with Gasteiger partial charge in [-0.25, -0.2) is 9.67 Å². The molecule has 0 radical (unpaired) electrons. The van der Waals surface area contributed by atoms with E-state index in [9.17, 15) is 4.79 Å². The van der Waals surface area contributed by atoms with E-state index in [2.05, 4.69) is 25.9 Å². The van der Waals surface area contributed by atoms with E-state index < -0.39 is 0 Å². The van der Waals surface area contributed by atoms with Crippen molar-refractivity contribution in [3.8, 4) is 11.3 Å². The average Bonchev–Trinajstić information content (AvgIpc) is 3.21. The second-order valence-corrected chi connectivity index (χ2v) is 5.20. The lowest BCUT2D eigenvalue weighted by Crippen LogP contribution is -2.30. The maximum atomic E-state index is 11.7. The third-order valence-corrected chi connectivity index (χ3v) is 3.58. The molecule has 7 nitrogen and oxygen atoms in total. The van der Waals surface area contributed by atoms with E-state index in [-0.39, 0.29) is 12.5 Å². The number of hydrogen-bond acceptors (Lipinski definition) is 5. The van der Waals surface area contributed by atoms with E-state index in [1.54, 1.807) is 11.3 Å². The highest BCUT2D eigenvalue weighted by Gasteiger charge is 2.04. The highest BCUT2D eigenvalue weighted by atomic mass is 32.1. The largest absolute Gasteiger partial charge is 0.353 e. The first kappa shape index (κ1) is 13.5. The van der Waals surface area contributed by atoms with Gasteiger partial charge in [0.1, 0.15) is 19.2 Å². The number of thiophene rings is 1. The standard InChI is InChI=1S/C13H14N6OS/c20-13(7-19-10-14-9-16-19)15-3-5-18-4-1-12(17-18)11-2-6-21-8-11/h1-2,4,6,8-10H,3,5,7H2,(H,15,20). The minimum Gasteiger partial charge on any atom is -0.353 e. The molecule has 0 aliphatic rings. The van der Waals surface area contributed by atoms with Gasteiger partial charge < -0.3 is 5.32 Å². The van der Waals surface area contributed by atoms with Gasteiger partial charge >= 0.3 is 0 Å². The fraction of sp³-hybridized carbons (Fsp3) is 0.231. The first-order valence-electron chi connectivity index (χ1n) is 6.46. The van der Waals surface area contributed by atoms with Crippen LogP contribution in [0.25, 0.3) is 11.3 Å². The van der Waals surface area contributed by atoms with Crippen molar-refractivity contribution in [1.82, 2.24) is 29.9 Å². The lowest BCUT2D eigenvalue weighted by atomic mass is 10.2. The summed E-state index contributed by atoms with van der Waals surface area (Å²) >= 11 is 1.65. The molecule has 8 heteroatoms. The van der Waals surface area contributed by atoms with Gasteiger partial charge in [0.2, 0.25) is 5.91 Å². The smallest absolute Gasteiger partial charge is 0.241 e. The summed E-state index contributed by atoms with van der Waals surface area (Å²) in [5.41, 5.74) is 2.07. The molecule has 3 rings (SSSR count). The molecule has 0 aliphatic heterocycles. The summed E-state index contributed by atoms with van der Waals surface area (Å²) in [6, 6.07) is 4.01. The molecular weight excluding hydrogens is 288 g/mol. The molecule has 3 heterocycles. The second kappa shape index (κ2) is 6.31. The number of aromatic nitrogens is 5. The summed E-state index contributed by atoms with van der Waals surface area (Å²) < 4.78 is 3.31. The Morgan fingerprint density at radius 2 is 2.29 bits per heavy atom. The van der Waals surface area contributed by atoms with Crippen LogP contribution in [0.5, 0.6) is 0 Å². The first-order valence-corrected chi connectivity index (χ1v) is 7.41. The van der Waals surface area contributed by atoms with Gasteiger partial charge in [0.15, 0.2) is 0 Å². The van der Waals surface area contributed by atoms with Gasteiger partial charge in [-0.05, 0) is 17.5 Å². The number of rotatable bonds is 6. The Morgan fingerprint density at radius 3 is 3.05 bits per heavy atom. The molecule has 1 amide bonds. The van der Waals surface area contributed by atoms with E-state index in [1.165, 1.54) is 17.3 Å². The van der Waals surface area contributed by atoms with Gasteiger partial charge in [0.25, 0.3) is 0 Å². The van der Waals surface area contributed by atoms with Crippen molar-refractivity contribution in [2.24, 2.45) is 0 Å². The normalized spacial score (nSPS) is 10.7. The molecule has 0 bridgehead atoms. The molecule has 0 fully saturated rings. The molecule has 108 valence electrons. The summed E-state index contributed by atoms with van der Waals surface area (Å²) in [7, 11) is 0. The Labute approximate surface area is 125 Å². The van der Waals surface area contributed by atoms with E-state index >= 15 is 0 Å². The number of hydrogen-bond donors (Lipinski definition) is 1. The highest BCUT2D eigenvalue weighted by molar-refractivity contribution is 7.08. The van der Waals surface area contributed by atoms with Crippen molar-refractivity contribution in [1.29, 1.82) is 0 Å². The van der Waals surface area contributed by atoms with Gasteiger partial charge in [-0.2, -0.15) is 21.5 Å². The maximum absolute atomic E-state index is 11.7. The van der Waals surface area contributed by atoms with Crippen molar-refractivity contribution in [2.75, 3.05) is 6.54 Å². The van der Waals surface area contributed by atoms with Gasteiger partial charge in [0.05, 0.1) is 12.2 Å². The van der Waals surface area contributed by atoms with Gasteiger partial charge in [-0.15, -0.1) is 0 Å². The Morgan fingerprint density at radius 1 is 1.33 bits per heavy atom. The number of carbonyl (C=O) groups is 1. The van der Waals surface area contributed by atoms with Crippen LogP contribution in [0.2, 0.25) is 0 Å². The first-order chi connectivity index (χ1) is 10.3. The predicted molar refractivity (Wildman–Crippen MR) is 78.6 cm³/mol. The van der Waals surface area contributed by atoms with Crippen LogP contribution in [0.15, 0.2) is 41.7 Å². The monoisotopic (exact) mass is 302 g/mol. The van der Waals surface area contributed by atoms with Crippen LogP contribution in [0, 0.1) is 0 Å². The third-order valence-electron chi connectivity index (χ3n) is 2.89. The predicted octanol–water partition coefficient (Wildman–Crippen LogP) is 1.02. The Kier molecular flexibility index (Phi) is 4.06. The summed E-state index contributed by atoms with van der Waals surface area (Å²) in [5.74, 6) is -0.0919. The second-order valence-electron chi connectivity index (χ2n) is 4.42. The maximum Gasteiger partial charge on any atom is 0.241 e. The SMILES string of the molecule is O=C(Cn1cncn1)NCCn1ccc(-c2ccsc2)n1. The van der Waals surface area contributed by atoms with Crippen LogP contribution in [0.3, 0.4) is 0 Å². The molecule has 3 aromatic heterocycles. The van der Waals surface area contributed by atoms with Crippen LogP contribution in [0.4, 0.5) is 0 Å². The molecule has 3 aromatic rings. The van der Waals surface area contributed by atoms with Crippen LogP contribution in [-0.4, -0.2) is 37.0 Å². The van der Waals surface area contributed by atoms with Crippen LogP contribution in [0.1, 0.15) is 0 Å². The molecule has 0 aromatic carbocycles. The Balaban J connectivity index is 1.46. The number of nitrogens with one attached hydrogen (secondary N) is 1. The third kappa shape index (κ3) is 3.54. The average molecular weight is 302 g/mol. The summed E-state index contributed by atoms with van der Waals surface area (Å²) in [6.45, 7) is 1.34. The summed E-state index contributed by atoms with van der Waals surface area (Å²) in [4.78, 5) is 15.5. The molecule has 0 atom stereocenters. The zero-order valence-corrected chi connectivity index (χ0v) is 12.0. The van der Waals surface area contributed by atoms with Crippen LogP contribution >= 0.6 is 11.3 Å². The number of amides is 1. The van der Waals surface area contributed by atoms with Crippen LogP contribution in [-0.2, 0) is 17.9 Å². The van der Waals surface area contributed by atoms with Crippen molar-refractivity contribution < 1.29 is 4.79 Å². The van der Waals surface area contributed by atoms with Crippen LogP contribution < -0.4 is 5.32 Å². The van der Waals surface area contributed by atoms with Gasteiger partial charge in [-0.1, -0.05) is 0 Å². The van der Waals surface area contributed by atoms with Crippen molar-refractivity contribution in [3.63, 3.8) is 0 Å². The molecule has 0 saturated carbocycles. The fourth-order valence-electron chi connectivity index (χ4n) is 1.88. The topological polar surface area (TPSA) is 77.6 Å². The van der Waals surface area contributed by atoms with Gasteiger partial charge in [0, 0.05) is 23.7 Å². The van der Waals surface area contributed by atoms with E-state index in [0.29, 0.717) is 13.1 Å². The Hall–Kier alpha value is -2.48. The zero-order chi connectivity index (χ0) is 14.5. The van der Waals surface area contributed by atoms with E-state index in [0.717, 1.165) is 11.3 Å². The molecule has 0 spiro atoms.